The van der Waals surface area contributed by atoms with Crippen LogP contribution in [-0.4, -0.2) is 50.7 Å². The third-order valence-electron chi connectivity index (χ3n) is 6.58. The second-order valence-electron chi connectivity index (χ2n) is 9.55. The van der Waals surface area contributed by atoms with Gasteiger partial charge in [0.05, 0.1) is 22.9 Å². The van der Waals surface area contributed by atoms with Gasteiger partial charge in [-0.15, -0.1) is 0 Å². The van der Waals surface area contributed by atoms with Crippen molar-refractivity contribution >= 4 is 21.8 Å². The number of aromatic amines is 2. The Morgan fingerprint density at radius 3 is 2.59 bits per heavy atom. The highest BCUT2D eigenvalue weighted by atomic mass is 19.1. The lowest BCUT2D eigenvalue weighted by molar-refractivity contribution is 0.376. The first-order valence-corrected chi connectivity index (χ1v) is 12.0. The highest BCUT2D eigenvalue weighted by Crippen LogP contribution is 2.35. The number of fused-ring (bicyclic) bond motifs is 2. The van der Waals surface area contributed by atoms with Crippen LogP contribution in [0.4, 0.5) is 4.39 Å². The van der Waals surface area contributed by atoms with Crippen LogP contribution in [0.1, 0.15) is 11.6 Å². The molecule has 7 nitrogen and oxygen atoms in total. The lowest BCUT2D eigenvalue weighted by Gasteiger charge is -2.18. The molecular weight excluding hydrogens is 465 g/mol. The van der Waals surface area contributed by atoms with E-state index in [1.807, 2.05) is 55.5 Å². The van der Waals surface area contributed by atoms with Crippen LogP contribution < -0.4 is 5.73 Å². The fraction of sp³-hybridized carbons (Fsp3) is 0.138. The highest BCUT2D eigenvalue weighted by Gasteiger charge is 2.17. The summed E-state index contributed by atoms with van der Waals surface area (Å²) in [5.74, 6) is -0.323. The minimum atomic E-state index is -0.323. The van der Waals surface area contributed by atoms with Crippen LogP contribution in [0.15, 0.2) is 79.4 Å². The molecule has 4 aromatic heterocycles. The number of halogens is 1. The third kappa shape index (κ3) is 4.37. The fourth-order valence-electron chi connectivity index (χ4n) is 4.82. The van der Waals surface area contributed by atoms with E-state index in [1.165, 1.54) is 12.1 Å². The Morgan fingerprint density at radius 1 is 0.892 bits per heavy atom. The minimum Gasteiger partial charge on any atom is -0.352 e. The summed E-state index contributed by atoms with van der Waals surface area (Å²) >= 11 is 0. The van der Waals surface area contributed by atoms with Crippen LogP contribution in [-0.2, 0) is 0 Å². The SMILES string of the molecule is CN(C)CC(N)c1cc(F)cc(-c2cncc3[nH]c(-c4n[nH]c5ccc(-c6cccnc6)cc45)cc23)c1. The number of H-pyrrole nitrogens is 2. The first-order valence-electron chi connectivity index (χ1n) is 12.0. The summed E-state index contributed by atoms with van der Waals surface area (Å²) in [5.41, 5.74) is 14.2. The Kier molecular flexibility index (Phi) is 5.75. The van der Waals surface area contributed by atoms with E-state index in [2.05, 4.69) is 37.3 Å². The van der Waals surface area contributed by atoms with Gasteiger partial charge in [-0.25, -0.2) is 4.39 Å². The molecule has 0 bridgehead atoms. The second-order valence-corrected chi connectivity index (χ2v) is 9.55. The summed E-state index contributed by atoms with van der Waals surface area (Å²) in [5, 5.41) is 9.66. The molecule has 184 valence electrons. The van der Waals surface area contributed by atoms with Crippen molar-refractivity contribution in [3.63, 3.8) is 0 Å². The van der Waals surface area contributed by atoms with E-state index < -0.39 is 0 Å². The molecule has 0 fully saturated rings. The number of rotatable bonds is 6. The standard InChI is InChI=1S/C29H26FN7/c1-37(2)16-25(31)20-8-19(9-21(30)10-20)24-14-33-15-28-22(24)12-27(34-28)29-23-11-17(5-6-26(23)35-36-29)18-4-3-7-32-13-18/h3-15,25,34H,16,31H2,1-2H3,(H,35,36). The van der Waals surface area contributed by atoms with Gasteiger partial charge in [-0.1, -0.05) is 12.1 Å². The first-order chi connectivity index (χ1) is 18.0. The fourth-order valence-corrected chi connectivity index (χ4v) is 4.82. The number of benzene rings is 2. The van der Waals surface area contributed by atoms with Crippen molar-refractivity contribution < 1.29 is 4.39 Å². The van der Waals surface area contributed by atoms with Gasteiger partial charge in [-0.3, -0.25) is 15.1 Å². The van der Waals surface area contributed by atoms with Gasteiger partial charge >= 0.3 is 0 Å². The van der Waals surface area contributed by atoms with Crippen molar-refractivity contribution in [2.75, 3.05) is 20.6 Å². The number of nitrogens with zero attached hydrogens (tertiary/aromatic N) is 4. The first kappa shape index (κ1) is 23.0. The van der Waals surface area contributed by atoms with Gasteiger partial charge in [-0.05, 0) is 73.3 Å². The number of likely N-dealkylation sites (N-methyl/N-ethyl adjacent to an activating group) is 1. The second kappa shape index (κ2) is 9.24. The van der Waals surface area contributed by atoms with Crippen LogP contribution in [0.3, 0.4) is 0 Å². The summed E-state index contributed by atoms with van der Waals surface area (Å²) < 4.78 is 14.7. The Morgan fingerprint density at radius 2 is 1.78 bits per heavy atom. The molecule has 6 rings (SSSR count). The summed E-state index contributed by atoms with van der Waals surface area (Å²) in [4.78, 5) is 14.1. The van der Waals surface area contributed by atoms with Crippen molar-refractivity contribution in [1.82, 2.24) is 30.0 Å². The number of aromatic nitrogens is 5. The zero-order valence-corrected chi connectivity index (χ0v) is 20.5. The maximum Gasteiger partial charge on any atom is 0.124 e. The Hall–Kier alpha value is -4.40. The van der Waals surface area contributed by atoms with Gasteiger partial charge in [0.25, 0.3) is 0 Å². The van der Waals surface area contributed by atoms with E-state index in [1.54, 1.807) is 18.6 Å². The number of hydrogen-bond donors (Lipinski definition) is 3. The van der Waals surface area contributed by atoms with Gasteiger partial charge in [0.2, 0.25) is 0 Å². The molecule has 4 heterocycles. The maximum absolute atomic E-state index is 14.7. The van der Waals surface area contributed by atoms with Gasteiger partial charge in [0, 0.05) is 53.1 Å². The minimum absolute atomic E-state index is 0.303. The van der Waals surface area contributed by atoms with Crippen molar-refractivity contribution in [2.24, 2.45) is 5.73 Å². The number of nitrogens with two attached hydrogens (primary N) is 1. The normalized spacial score (nSPS) is 12.6. The predicted molar refractivity (Wildman–Crippen MR) is 145 cm³/mol. The molecule has 0 saturated heterocycles. The molecule has 0 aliphatic carbocycles. The van der Waals surface area contributed by atoms with Crippen molar-refractivity contribution in [1.29, 1.82) is 0 Å². The zero-order valence-electron chi connectivity index (χ0n) is 20.5. The van der Waals surface area contributed by atoms with E-state index in [0.717, 1.165) is 61.0 Å². The number of nitrogens with one attached hydrogen (secondary N) is 2. The van der Waals surface area contributed by atoms with Gasteiger partial charge in [-0.2, -0.15) is 5.10 Å². The number of pyridine rings is 2. The van der Waals surface area contributed by atoms with Crippen molar-refractivity contribution in [2.45, 2.75) is 6.04 Å². The van der Waals surface area contributed by atoms with E-state index in [4.69, 9.17) is 5.73 Å². The topological polar surface area (TPSA) is 99.5 Å². The van der Waals surface area contributed by atoms with Crippen LogP contribution >= 0.6 is 0 Å². The molecular formula is C29H26FN7. The van der Waals surface area contributed by atoms with E-state index in [9.17, 15) is 4.39 Å². The molecule has 1 unspecified atom stereocenters. The molecule has 6 aromatic rings. The molecule has 0 saturated carbocycles. The van der Waals surface area contributed by atoms with Crippen molar-refractivity contribution in [3.05, 3.63) is 90.8 Å². The van der Waals surface area contributed by atoms with Crippen LogP contribution in [0, 0.1) is 5.82 Å². The summed E-state index contributed by atoms with van der Waals surface area (Å²) in [6, 6.07) is 16.9. The van der Waals surface area contributed by atoms with Crippen molar-refractivity contribution in [3.8, 4) is 33.6 Å². The van der Waals surface area contributed by atoms with Crippen LogP contribution in [0.25, 0.3) is 55.4 Å². The van der Waals surface area contributed by atoms with Crippen LogP contribution in [0.5, 0.6) is 0 Å². The molecule has 0 spiro atoms. The summed E-state index contributed by atoms with van der Waals surface area (Å²) in [6.45, 7) is 0.618. The monoisotopic (exact) mass is 491 g/mol. The quantitative estimate of drug-likeness (QED) is 0.284. The lowest BCUT2D eigenvalue weighted by Crippen LogP contribution is -2.26. The third-order valence-corrected chi connectivity index (χ3v) is 6.58. The average molecular weight is 492 g/mol. The summed E-state index contributed by atoms with van der Waals surface area (Å²) in [6.07, 6.45) is 7.15. The van der Waals surface area contributed by atoms with Gasteiger partial charge in [0.1, 0.15) is 11.5 Å². The molecule has 0 aliphatic heterocycles. The molecule has 0 amide bonds. The smallest absolute Gasteiger partial charge is 0.124 e. The average Bonchev–Trinajstić information content (AvgIpc) is 3.52. The molecule has 8 heteroatoms. The maximum atomic E-state index is 14.7. The van der Waals surface area contributed by atoms with E-state index in [-0.39, 0.29) is 11.9 Å². The Bertz CT molecular complexity index is 1720. The van der Waals surface area contributed by atoms with E-state index >= 15 is 0 Å². The Labute approximate surface area is 213 Å². The molecule has 0 aliphatic rings. The van der Waals surface area contributed by atoms with Gasteiger partial charge in [0.15, 0.2) is 0 Å². The number of hydrogen-bond acceptors (Lipinski definition) is 5. The van der Waals surface area contributed by atoms with Gasteiger partial charge < -0.3 is 15.6 Å². The zero-order chi connectivity index (χ0) is 25.5. The lowest BCUT2D eigenvalue weighted by atomic mass is 9.98. The highest BCUT2D eigenvalue weighted by molar-refractivity contribution is 6.01. The molecule has 1 atom stereocenters. The van der Waals surface area contributed by atoms with E-state index in [0.29, 0.717) is 6.54 Å². The molecule has 2 aromatic carbocycles. The molecule has 4 N–H and O–H groups in total. The Balaban J connectivity index is 1.45. The largest absolute Gasteiger partial charge is 0.352 e. The predicted octanol–water partition coefficient (Wildman–Crippen LogP) is 5.54. The molecule has 37 heavy (non-hydrogen) atoms. The summed E-state index contributed by atoms with van der Waals surface area (Å²) in [7, 11) is 3.90. The molecule has 0 radical (unpaired) electrons. The van der Waals surface area contributed by atoms with Crippen LogP contribution in [0.2, 0.25) is 0 Å².